The van der Waals surface area contributed by atoms with E-state index in [-0.39, 0.29) is 0 Å². The van der Waals surface area contributed by atoms with E-state index in [0.717, 1.165) is 0 Å². The molecule has 0 aromatic heterocycles. The molecule has 8 atom stereocenters. The van der Waals surface area contributed by atoms with Crippen molar-refractivity contribution in [2.24, 2.45) is 0 Å². The molecule has 2 saturated heterocycles. The number of fused-ring (bicyclic) bond motifs is 2. The Labute approximate surface area is 210 Å². The number of hydrogen-bond donors (Lipinski definition) is 1. The number of ether oxygens (including phenoxy) is 9. The summed E-state index contributed by atoms with van der Waals surface area (Å²) in [6.07, 6.45) is -6.48. The van der Waals surface area contributed by atoms with Crippen LogP contribution in [0.4, 0.5) is 0 Å². The Balaban J connectivity index is 1.78. The quantitative estimate of drug-likeness (QED) is 0.560. The summed E-state index contributed by atoms with van der Waals surface area (Å²) in [6.45, 7) is 6.55. The molecule has 1 aromatic carbocycles. The van der Waals surface area contributed by atoms with Crippen LogP contribution in [0.2, 0.25) is 0 Å². The lowest BCUT2D eigenvalue weighted by Gasteiger charge is -2.61. The third-order valence-electron chi connectivity index (χ3n) is 7.87. The molecule has 1 aliphatic carbocycles. The van der Waals surface area contributed by atoms with Gasteiger partial charge in [0, 0.05) is 28.4 Å². The molecule has 1 aromatic rings. The first kappa shape index (κ1) is 27.4. The molecule has 2 aliphatic heterocycles. The van der Waals surface area contributed by atoms with Crippen LogP contribution in [0, 0.1) is 0 Å². The van der Waals surface area contributed by atoms with Gasteiger partial charge in [0.1, 0.15) is 30.5 Å². The molecule has 11 heteroatoms. The van der Waals surface area contributed by atoms with Crippen molar-refractivity contribution >= 4 is 5.97 Å². The van der Waals surface area contributed by atoms with Crippen molar-refractivity contribution in [1.29, 1.82) is 0 Å². The number of methoxy groups -OCH3 is 4. The predicted octanol–water partition coefficient (Wildman–Crippen LogP) is 1.60. The standard InChI is InChI=1S/C25H36O11/c1-22(28-5)24(3,30-7)35-19-16(33-22)15(26)17-20(36-25(4,31-8)23(2,29-6)34-17)18(19)32-21(27)14-12-10-9-11-13-14/h9-13,15-20,26H,1-8H3. The highest BCUT2D eigenvalue weighted by Gasteiger charge is 2.69. The van der Waals surface area contributed by atoms with Gasteiger partial charge in [0.05, 0.1) is 5.56 Å². The first-order valence-electron chi connectivity index (χ1n) is 11.8. The van der Waals surface area contributed by atoms with Gasteiger partial charge in [-0.3, -0.25) is 0 Å². The Hall–Kier alpha value is -1.67. The van der Waals surface area contributed by atoms with Crippen LogP contribution in [0.1, 0.15) is 38.1 Å². The van der Waals surface area contributed by atoms with Crippen molar-refractivity contribution in [3.63, 3.8) is 0 Å². The maximum absolute atomic E-state index is 13.2. The van der Waals surface area contributed by atoms with Gasteiger partial charge in [-0.2, -0.15) is 0 Å². The molecule has 0 radical (unpaired) electrons. The van der Waals surface area contributed by atoms with Gasteiger partial charge in [-0.25, -0.2) is 4.79 Å². The highest BCUT2D eigenvalue weighted by molar-refractivity contribution is 5.89. The molecule has 0 bridgehead atoms. The van der Waals surface area contributed by atoms with Gasteiger partial charge in [-0.05, 0) is 39.8 Å². The number of hydrogen-bond acceptors (Lipinski definition) is 11. The van der Waals surface area contributed by atoms with Crippen molar-refractivity contribution in [1.82, 2.24) is 0 Å². The summed E-state index contributed by atoms with van der Waals surface area (Å²) in [6, 6.07) is 8.51. The van der Waals surface area contributed by atoms with Crippen molar-refractivity contribution in [2.75, 3.05) is 28.4 Å². The maximum atomic E-state index is 13.2. The fourth-order valence-corrected chi connectivity index (χ4v) is 4.98. The van der Waals surface area contributed by atoms with E-state index in [9.17, 15) is 9.90 Å². The minimum absolute atomic E-state index is 0.331. The van der Waals surface area contributed by atoms with Gasteiger partial charge < -0.3 is 47.7 Å². The van der Waals surface area contributed by atoms with Crippen LogP contribution in [0.15, 0.2) is 30.3 Å². The van der Waals surface area contributed by atoms with Crippen molar-refractivity contribution < 1.29 is 52.5 Å². The Morgan fingerprint density at radius 1 is 0.694 bits per heavy atom. The molecule has 3 aliphatic rings. The normalized spacial score (nSPS) is 46.5. The van der Waals surface area contributed by atoms with E-state index >= 15 is 0 Å². The molecular weight excluding hydrogens is 476 g/mol. The minimum atomic E-state index is -1.42. The summed E-state index contributed by atoms with van der Waals surface area (Å²) < 4.78 is 53.8. The zero-order valence-corrected chi connectivity index (χ0v) is 21.9. The summed E-state index contributed by atoms with van der Waals surface area (Å²) in [5.41, 5.74) is 0.331. The van der Waals surface area contributed by atoms with E-state index in [4.69, 9.17) is 42.6 Å². The second kappa shape index (κ2) is 9.57. The average Bonchev–Trinajstić information content (AvgIpc) is 2.89. The number of rotatable bonds is 6. The lowest BCUT2D eigenvalue weighted by molar-refractivity contribution is -0.503. The van der Waals surface area contributed by atoms with E-state index in [0.29, 0.717) is 5.56 Å². The Morgan fingerprint density at radius 3 is 1.42 bits per heavy atom. The third kappa shape index (κ3) is 4.07. The lowest BCUT2D eigenvalue weighted by atomic mass is 9.81. The fraction of sp³-hybridized carbons (Fsp3) is 0.720. The topological polar surface area (TPSA) is 120 Å². The molecule has 8 unspecified atom stereocenters. The molecule has 4 rings (SSSR count). The van der Waals surface area contributed by atoms with E-state index in [1.54, 1.807) is 58.0 Å². The molecule has 1 saturated carbocycles. The van der Waals surface area contributed by atoms with Crippen LogP contribution in [-0.2, 0) is 42.6 Å². The highest BCUT2D eigenvalue weighted by Crippen LogP contribution is 2.49. The number of benzene rings is 1. The summed E-state index contributed by atoms with van der Waals surface area (Å²) >= 11 is 0. The molecular formula is C25H36O11. The lowest BCUT2D eigenvalue weighted by Crippen LogP contribution is -2.79. The number of esters is 1. The Bertz CT molecular complexity index is 897. The summed E-state index contributed by atoms with van der Waals surface area (Å²) in [4.78, 5) is 13.2. The summed E-state index contributed by atoms with van der Waals surface area (Å²) in [5.74, 6) is -6.28. The first-order valence-corrected chi connectivity index (χ1v) is 11.8. The van der Waals surface area contributed by atoms with Crippen LogP contribution in [0.25, 0.3) is 0 Å². The molecule has 1 N–H and O–H groups in total. The Morgan fingerprint density at radius 2 is 1.06 bits per heavy atom. The SMILES string of the molecule is COC1(C)OC2C(O)C3OC(C)(OC)C(C)(OC)OC3C(OC(=O)c3ccccc3)C2OC1(C)OC. The molecule has 0 amide bonds. The molecule has 36 heavy (non-hydrogen) atoms. The smallest absolute Gasteiger partial charge is 0.338 e. The van der Waals surface area contributed by atoms with Gasteiger partial charge >= 0.3 is 5.97 Å². The van der Waals surface area contributed by atoms with Crippen LogP contribution < -0.4 is 0 Å². The first-order chi connectivity index (χ1) is 16.9. The average molecular weight is 513 g/mol. The van der Waals surface area contributed by atoms with Gasteiger partial charge in [0.2, 0.25) is 23.1 Å². The minimum Gasteiger partial charge on any atom is -0.453 e. The van der Waals surface area contributed by atoms with Gasteiger partial charge in [0.15, 0.2) is 6.10 Å². The summed E-state index contributed by atoms with van der Waals surface area (Å²) in [7, 11) is 5.77. The zero-order valence-electron chi connectivity index (χ0n) is 21.9. The van der Waals surface area contributed by atoms with E-state index in [1.165, 1.54) is 28.4 Å². The summed E-state index contributed by atoms with van der Waals surface area (Å²) in [5, 5.41) is 11.5. The predicted molar refractivity (Wildman–Crippen MR) is 123 cm³/mol. The fourth-order valence-electron chi connectivity index (χ4n) is 4.98. The van der Waals surface area contributed by atoms with Gasteiger partial charge in [-0.15, -0.1) is 0 Å². The molecule has 202 valence electrons. The van der Waals surface area contributed by atoms with Crippen LogP contribution in [0.3, 0.4) is 0 Å². The van der Waals surface area contributed by atoms with Crippen molar-refractivity contribution in [3.05, 3.63) is 35.9 Å². The molecule has 2 heterocycles. The van der Waals surface area contributed by atoms with E-state index in [1.807, 2.05) is 0 Å². The van der Waals surface area contributed by atoms with Crippen LogP contribution >= 0.6 is 0 Å². The third-order valence-corrected chi connectivity index (χ3v) is 7.87. The zero-order chi connectivity index (χ0) is 26.5. The number of aliphatic hydroxyl groups excluding tert-OH is 1. The Kier molecular flexibility index (Phi) is 7.28. The van der Waals surface area contributed by atoms with E-state index in [2.05, 4.69) is 0 Å². The second-order valence-corrected chi connectivity index (χ2v) is 9.66. The molecule has 11 nitrogen and oxygen atoms in total. The van der Waals surface area contributed by atoms with E-state index < -0.39 is 65.7 Å². The molecule has 0 spiro atoms. The maximum Gasteiger partial charge on any atom is 0.338 e. The monoisotopic (exact) mass is 512 g/mol. The second-order valence-electron chi connectivity index (χ2n) is 9.66. The van der Waals surface area contributed by atoms with Crippen molar-refractivity contribution in [2.45, 2.75) is 87.5 Å². The largest absolute Gasteiger partial charge is 0.453 e. The number of aliphatic hydroxyl groups is 1. The van der Waals surface area contributed by atoms with Crippen LogP contribution in [-0.4, -0.2) is 99.3 Å². The van der Waals surface area contributed by atoms with Gasteiger partial charge in [0.25, 0.3) is 0 Å². The number of carbonyl (C=O) groups is 1. The molecule has 3 fully saturated rings. The highest BCUT2D eigenvalue weighted by atomic mass is 16.8. The van der Waals surface area contributed by atoms with Crippen LogP contribution in [0.5, 0.6) is 0 Å². The number of carbonyl (C=O) groups excluding carboxylic acids is 1. The van der Waals surface area contributed by atoms with Crippen molar-refractivity contribution in [3.8, 4) is 0 Å². The van der Waals surface area contributed by atoms with Gasteiger partial charge in [-0.1, -0.05) is 18.2 Å².